The molecule has 0 bridgehead atoms. The van der Waals surface area contributed by atoms with Crippen LogP contribution >= 0.6 is 7.80 Å². The number of rotatable bonds is 9. The summed E-state index contributed by atoms with van der Waals surface area (Å²) in [5, 5.41) is 23.6. The first-order chi connectivity index (χ1) is 9.68. The lowest BCUT2D eigenvalue weighted by atomic mass is 10.2. The highest BCUT2D eigenvalue weighted by atomic mass is 31.1. The van der Waals surface area contributed by atoms with Crippen molar-refractivity contribution in [3.8, 4) is 0 Å². The molecule has 4 unspecified atom stereocenters. The van der Waals surface area contributed by atoms with Crippen LogP contribution in [-0.4, -0.2) is 53.5 Å². The summed E-state index contributed by atoms with van der Waals surface area (Å²) < 4.78 is 11.0. The van der Waals surface area contributed by atoms with Gasteiger partial charge in [-0.2, -0.15) is 0 Å². The van der Waals surface area contributed by atoms with Crippen LogP contribution in [0.25, 0.3) is 0 Å². The van der Waals surface area contributed by atoms with E-state index in [1.807, 2.05) is 0 Å². The average Bonchev–Trinajstić information content (AvgIpc) is 2.43. The second-order valence-corrected chi connectivity index (χ2v) is 6.22. The Morgan fingerprint density at radius 1 is 1.19 bits per heavy atom. The smallest absolute Gasteiger partial charge is 0.366 e. The molecule has 0 spiro atoms. The largest absolute Gasteiger partial charge is 0.548 e. The molecule has 0 aromatic carbocycles. The molecule has 0 aliphatic carbocycles. The topological polar surface area (TPSA) is 162 Å². The van der Waals surface area contributed by atoms with Gasteiger partial charge in [-0.3, -0.25) is 9.59 Å². The summed E-state index contributed by atoms with van der Waals surface area (Å²) in [5.41, 5.74) is 5.56. The number of carboxylic acid groups (broad SMARTS) is 1. The van der Waals surface area contributed by atoms with Crippen molar-refractivity contribution in [3.05, 3.63) is 0 Å². The van der Waals surface area contributed by atoms with E-state index in [0.717, 1.165) is 0 Å². The molecule has 4 atom stereocenters. The number of aliphatic hydroxyl groups excluding tert-OH is 1. The van der Waals surface area contributed by atoms with E-state index in [0.29, 0.717) is 0 Å². The van der Waals surface area contributed by atoms with Crippen LogP contribution in [0.4, 0.5) is 0 Å². The van der Waals surface area contributed by atoms with Crippen LogP contribution in [0.1, 0.15) is 20.3 Å². The van der Waals surface area contributed by atoms with Crippen LogP contribution in [0.2, 0.25) is 0 Å². The number of nitrogens with two attached hydrogens (primary N) is 1. The van der Waals surface area contributed by atoms with Gasteiger partial charge in [0.25, 0.3) is 0 Å². The molecule has 0 saturated heterocycles. The fourth-order valence-electron chi connectivity index (χ4n) is 1.27. The molecule has 0 saturated carbocycles. The summed E-state index contributed by atoms with van der Waals surface area (Å²) in [4.78, 5) is 33.8. The van der Waals surface area contributed by atoms with Gasteiger partial charge in [-0.25, -0.2) is 0 Å². The molecule has 10 heteroatoms. The number of carbonyl (C=O) groups excluding carboxylic acids is 3. The van der Waals surface area contributed by atoms with Crippen molar-refractivity contribution in [1.29, 1.82) is 0 Å². The summed E-state index contributed by atoms with van der Waals surface area (Å²) >= 11 is 0. The van der Waals surface area contributed by atoms with Crippen LogP contribution in [0.15, 0.2) is 0 Å². The number of carbonyl (C=O) groups is 3. The molecule has 0 heterocycles. The predicted molar refractivity (Wildman–Crippen MR) is 72.4 cm³/mol. The van der Waals surface area contributed by atoms with Crippen LogP contribution in [-0.2, 0) is 18.9 Å². The van der Waals surface area contributed by atoms with Gasteiger partial charge in [-0.05, 0) is 13.8 Å². The molecule has 2 amide bonds. The van der Waals surface area contributed by atoms with Crippen molar-refractivity contribution in [2.75, 3.05) is 12.5 Å². The van der Waals surface area contributed by atoms with Gasteiger partial charge in [0.15, 0.2) is 6.16 Å². The minimum absolute atomic E-state index is 0.0999. The van der Waals surface area contributed by atoms with Crippen LogP contribution in [0.3, 0.4) is 0 Å². The van der Waals surface area contributed by atoms with Crippen molar-refractivity contribution < 1.29 is 29.2 Å². The van der Waals surface area contributed by atoms with Gasteiger partial charge in [0.2, 0.25) is 18.2 Å². The predicted octanol–water partition coefficient (Wildman–Crippen LogP) is -2.76. The zero-order valence-corrected chi connectivity index (χ0v) is 12.8. The minimum atomic E-state index is -1.79. The maximum Gasteiger partial charge on any atom is 0.366 e. The number of amides is 2. The Morgan fingerprint density at radius 2 is 1.71 bits per heavy atom. The second kappa shape index (κ2) is 9.38. The zero-order valence-electron chi connectivity index (χ0n) is 11.9. The van der Waals surface area contributed by atoms with E-state index < -0.39 is 50.1 Å². The lowest BCUT2D eigenvalue weighted by molar-refractivity contribution is -0.307. The second-order valence-electron chi connectivity index (χ2n) is 4.52. The first-order valence-electron chi connectivity index (χ1n) is 6.29. The number of aliphatic hydroxyl groups is 1. The fourth-order valence-corrected chi connectivity index (χ4v) is 1.98. The van der Waals surface area contributed by atoms with E-state index in [-0.39, 0.29) is 12.6 Å². The third-order valence-electron chi connectivity index (χ3n) is 2.65. The van der Waals surface area contributed by atoms with Gasteiger partial charge >= 0.3 is 7.80 Å². The van der Waals surface area contributed by atoms with E-state index in [1.54, 1.807) is 0 Å². The Labute approximate surface area is 123 Å². The highest BCUT2D eigenvalue weighted by Crippen LogP contribution is 2.19. The van der Waals surface area contributed by atoms with Crippen LogP contribution in [0, 0.1) is 0 Å². The van der Waals surface area contributed by atoms with Crippen LogP contribution < -0.4 is 21.5 Å². The zero-order chi connectivity index (χ0) is 16.6. The van der Waals surface area contributed by atoms with E-state index in [4.69, 9.17) is 10.8 Å². The quantitative estimate of drug-likeness (QED) is 0.334. The van der Waals surface area contributed by atoms with Gasteiger partial charge in [-0.1, -0.05) is 4.57 Å². The Kier molecular flexibility index (Phi) is 8.68. The molecule has 0 aromatic heterocycles. The van der Waals surface area contributed by atoms with E-state index in [1.165, 1.54) is 13.8 Å². The highest BCUT2D eigenvalue weighted by molar-refractivity contribution is 7.44. The number of hydrogen-bond donors (Lipinski definition) is 4. The molecule has 0 aliphatic rings. The summed E-state index contributed by atoms with van der Waals surface area (Å²) in [6.07, 6.45) is -0.266. The molecule has 5 N–H and O–H groups in total. The molecule has 21 heavy (non-hydrogen) atoms. The molecular weight excluding hydrogens is 301 g/mol. The summed E-state index contributed by atoms with van der Waals surface area (Å²) in [7, 11) is -1.79. The third kappa shape index (κ3) is 7.69. The number of aliphatic carboxylic acids is 1. The fraction of sp³-hybridized carbons (Fsp3) is 0.727. The first-order valence-corrected chi connectivity index (χ1v) is 7.92. The molecule has 120 valence electrons. The van der Waals surface area contributed by atoms with Gasteiger partial charge in [0.05, 0.1) is 18.1 Å². The lowest BCUT2D eigenvalue weighted by Gasteiger charge is -2.20. The molecular formula is C11H20N3O6P. The normalized spacial score (nSPS) is 15.5. The highest BCUT2D eigenvalue weighted by Gasteiger charge is 2.23. The van der Waals surface area contributed by atoms with E-state index in [9.17, 15) is 24.1 Å². The number of carboxylic acids is 1. The van der Waals surface area contributed by atoms with Crippen molar-refractivity contribution in [2.45, 2.75) is 38.4 Å². The molecule has 0 radical (unpaired) electrons. The van der Waals surface area contributed by atoms with E-state index in [2.05, 4.69) is 10.6 Å². The minimum Gasteiger partial charge on any atom is -0.548 e. The SMILES string of the molecule is CC(NC(=O)C(C)NC(=O)C(N)CC[P+](=O)CO)C(=O)[O-]. The summed E-state index contributed by atoms with van der Waals surface area (Å²) in [6.45, 7) is 2.61. The first kappa shape index (κ1) is 19.4. The van der Waals surface area contributed by atoms with Crippen molar-refractivity contribution in [2.24, 2.45) is 5.73 Å². The Morgan fingerprint density at radius 3 is 2.19 bits per heavy atom. The molecule has 0 aromatic rings. The molecule has 0 aliphatic heterocycles. The van der Waals surface area contributed by atoms with Crippen LogP contribution in [0.5, 0.6) is 0 Å². The summed E-state index contributed by atoms with van der Waals surface area (Å²) in [6, 6.07) is -3.12. The lowest BCUT2D eigenvalue weighted by Crippen LogP contribution is -2.54. The van der Waals surface area contributed by atoms with Gasteiger partial charge in [0, 0.05) is 6.42 Å². The summed E-state index contributed by atoms with van der Waals surface area (Å²) in [5.74, 6) is -2.75. The molecule has 0 rings (SSSR count). The average molecular weight is 321 g/mol. The maximum atomic E-state index is 11.7. The van der Waals surface area contributed by atoms with Gasteiger partial charge < -0.3 is 31.4 Å². The van der Waals surface area contributed by atoms with Gasteiger partial charge in [-0.15, -0.1) is 0 Å². The Balaban J connectivity index is 4.27. The number of hydrogen-bond acceptors (Lipinski definition) is 7. The maximum absolute atomic E-state index is 11.7. The molecule has 9 nitrogen and oxygen atoms in total. The van der Waals surface area contributed by atoms with Crippen molar-refractivity contribution >= 4 is 25.6 Å². The molecule has 0 fully saturated rings. The third-order valence-corrected chi connectivity index (χ3v) is 3.72. The Hall–Kier alpha value is -1.57. The van der Waals surface area contributed by atoms with Gasteiger partial charge in [0.1, 0.15) is 6.04 Å². The van der Waals surface area contributed by atoms with Crippen molar-refractivity contribution in [3.63, 3.8) is 0 Å². The monoisotopic (exact) mass is 321 g/mol. The Bertz CT molecular complexity index is 417. The van der Waals surface area contributed by atoms with Crippen molar-refractivity contribution in [1.82, 2.24) is 10.6 Å². The van der Waals surface area contributed by atoms with E-state index >= 15 is 0 Å². The standard InChI is InChI=1S/C11H20N3O6P/c1-6(9(16)14-7(2)11(18)19)13-10(17)8(12)3-4-21(20)5-15/h6-8,15H,3-5,12H2,1-2H3,(H2-,13,14,16,17,18,19). The number of nitrogens with one attached hydrogen (secondary N) is 2.